The molecule has 4 nitrogen and oxygen atoms in total. The van der Waals surface area contributed by atoms with E-state index in [0.717, 1.165) is 49.6 Å². The molecule has 1 aliphatic rings. The molecule has 0 aliphatic carbocycles. The molecule has 0 bridgehead atoms. The molecule has 1 saturated heterocycles. The standard InChI is InChI=1S/C13H23N3O/c1-5-16-11(3)12(10(2)15-16)17-13(4)6-8-14-9-7-13/h14H,5-9H2,1-4H3. The maximum absolute atomic E-state index is 6.26. The van der Waals surface area contributed by atoms with Crippen LogP contribution in [0.3, 0.4) is 0 Å². The minimum atomic E-state index is -0.0393. The van der Waals surface area contributed by atoms with Gasteiger partial charge in [-0.05, 0) is 53.6 Å². The average molecular weight is 237 g/mol. The number of piperidine rings is 1. The van der Waals surface area contributed by atoms with Crippen molar-refractivity contribution in [1.29, 1.82) is 0 Å². The number of hydrogen-bond acceptors (Lipinski definition) is 3. The Labute approximate surface area is 103 Å². The molecule has 0 spiro atoms. The molecule has 0 aromatic carbocycles. The second kappa shape index (κ2) is 4.69. The summed E-state index contributed by atoms with van der Waals surface area (Å²) < 4.78 is 8.27. The Morgan fingerprint density at radius 3 is 2.53 bits per heavy atom. The normalized spacial score (nSPS) is 19.3. The molecule has 1 aliphatic heterocycles. The fourth-order valence-electron chi connectivity index (χ4n) is 2.44. The summed E-state index contributed by atoms with van der Waals surface area (Å²) in [5, 5.41) is 7.87. The molecule has 1 aromatic rings. The lowest BCUT2D eigenvalue weighted by Gasteiger charge is -2.34. The van der Waals surface area contributed by atoms with E-state index in [4.69, 9.17) is 4.74 Å². The number of aromatic nitrogens is 2. The Balaban J connectivity index is 2.20. The van der Waals surface area contributed by atoms with Gasteiger partial charge in [-0.1, -0.05) is 0 Å². The van der Waals surface area contributed by atoms with Crippen molar-refractivity contribution in [1.82, 2.24) is 15.1 Å². The summed E-state index contributed by atoms with van der Waals surface area (Å²) >= 11 is 0. The highest BCUT2D eigenvalue weighted by Gasteiger charge is 2.30. The van der Waals surface area contributed by atoms with Crippen LogP contribution < -0.4 is 10.1 Å². The Morgan fingerprint density at radius 2 is 2.00 bits per heavy atom. The highest BCUT2D eigenvalue weighted by molar-refractivity contribution is 5.32. The van der Waals surface area contributed by atoms with Crippen LogP contribution in [0.2, 0.25) is 0 Å². The van der Waals surface area contributed by atoms with E-state index < -0.39 is 0 Å². The number of rotatable bonds is 3. The first-order valence-corrected chi connectivity index (χ1v) is 6.49. The minimum Gasteiger partial charge on any atom is -0.484 e. The fraction of sp³-hybridized carbons (Fsp3) is 0.769. The van der Waals surface area contributed by atoms with Crippen molar-refractivity contribution >= 4 is 0 Å². The number of ether oxygens (including phenoxy) is 1. The van der Waals surface area contributed by atoms with Gasteiger partial charge in [-0.15, -0.1) is 0 Å². The summed E-state index contributed by atoms with van der Waals surface area (Å²) in [7, 11) is 0. The van der Waals surface area contributed by atoms with Crippen molar-refractivity contribution in [3.8, 4) is 5.75 Å². The van der Waals surface area contributed by atoms with Crippen LogP contribution in [0.25, 0.3) is 0 Å². The Hall–Kier alpha value is -1.03. The molecule has 1 fully saturated rings. The van der Waals surface area contributed by atoms with Crippen molar-refractivity contribution < 1.29 is 4.74 Å². The topological polar surface area (TPSA) is 39.1 Å². The molecule has 0 atom stereocenters. The molecule has 96 valence electrons. The lowest BCUT2D eigenvalue weighted by molar-refractivity contribution is 0.0540. The molecule has 1 N–H and O–H groups in total. The first-order chi connectivity index (χ1) is 8.06. The zero-order chi connectivity index (χ0) is 12.5. The molecule has 2 heterocycles. The van der Waals surface area contributed by atoms with Gasteiger partial charge in [0, 0.05) is 6.54 Å². The van der Waals surface area contributed by atoms with Gasteiger partial charge in [0.1, 0.15) is 11.3 Å². The van der Waals surface area contributed by atoms with Gasteiger partial charge in [0.05, 0.1) is 5.69 Å². The lowest BCUT2D eigenvalue weighted by Crippen LogP contribution is -2.44. The Kier molecular flexibility index (Phi) is 3.43. The summed E-state index contributed by atoms with van der Waals surface area (Å²) in [5.74, 6) is 0.983. The Morgan fingerprint density at radius 1 is 1.35 bits per heavy atom. The predicted molar refractivity (Wildman–Crippen MR) is 68.5 cm³/mol. The van der Waals surface area contributed by atoms with E-state index in [2.05, 4.69) is 31.2 Å². The second-order valence-electron chi connectivity index (χ2n) is 5.12. The SMILES string of the molecule is CCn1nc(C)c(OC2(C)CCNCC2)c1C. The highest BCUT2D eigenvalue weighted by atomic mass is 16.5. The van der Waals surface area contributed by atoms with E-state index >= 15 is 0 Å². The van der Waals surface area contributed by atoms with E-state index in [9.17, 15) is 0 Å². The van der Waals surface area contributed by atoms with Gasteiger partial charge >= 0.3 is 0 Å². The van der Waals surface area contributed by atoms with Crippen LogP contribution in [0.4, 0.5) is 0 Å². The fourth-order valence-corrected chi connectivity index (χ4v) is 2.44. The van der Waals surface area contributed by atoms with Crippen LogP contribution in [0.1, 0.15) is 38.1 Å². The van der Waals surface area contributed by atoms with Crippen LogP contribution in [-0.2, 0) is 6.54 Å². The van der Waals surface area contributed by atoms with Gasteiger partial charge in [0.25, 0.3) is 0 Å². The van der Waals surface area contributed by atoms with Crippen LogP contribution in [-0.4, -0.2) is 28.5 Å². The molecular formula is C13H23N3O. The maximum atomic E-state index is 6.26. The Bertz CT molecular complexity index is 392. The van der Waals surface area contributed by atoms with Crippen LogP contribution >= 0.6 is 0 Å². The van der Waals surface area contributed by atoms with Gasteiger partial charge < -0.3 is 10.1 Å². The van der Waals surface area contributed by atoms with Gasteiger partial charge in [-0.3, -0.25) is 4.68 Å². The molecule has 0 amide bonds. The summed E-state index contributed by atoms with van der Waals surface area (Å²) in [5.41, 5.74) is 2.11. The summed E-state index contributed by atoms with van der Waals surface area (Å²) in [6.45, 7) is 11.4. The van der Waals surface area contributed by atoms with Crippen LogP contribution in [0.15, 0.2) is 0 Å². The summed E-state index contributed by atoms with van der Waals surface area (Å²) in [6.07, 6.45) is 2.12. The number of nitrogens with one attached hydrogen (secondary N) is 1. The van der Waals surface area contributed by atoms with Crippen molar-refractivity contribution in [2.24, 2.45) is 0 Å². The first kappa shape index (κ1) is 12.4. The highest BCUT2D eigenvalue weighted by Crippen LogP contribution is 2.30. The van der Waals surface area contributed by atoms with Crippen molar-refractivity contribution in [3.05, 3.63) is 11.4 Å². The monoisotopic (exact) mass is 237 g/mol. The van der Waals surface area contributed by atoms with Crippen molar-refractivity contribution in [2.75, 3.05) is 13.1 Å². The molecule has 0 saturated carbocycles. The molecule has 2 rings (SSSR count). The van der Waals surface area contributed by atoms with Gasteiger partial charge in [-0.2, -0.15) is 5.10 Å². The third kappa shape index (κ3) is 2.46. The smallest absolute Gasteiger partial charge is 0.163 e. The van der Waals surface area contributed by atoms with Crippen LogP contribution in [0, 0.1) is 13.8 Å². The van der Waals surface area contributed by atoms with E-state index in [0.29, 0.717) is 0 Å². The van der Waals surface area contributed by atoms with Gasteiger partial charge in [-0.25, -0.2) is 0 Å². The molecular weight excluding hydrogens is 214 g/mol. The van der Waals surface area contributed by atoms with Crippen LogP contribution in [0.5, 0.6) is 5.75 Å². The van der Waals surface area contributed by atoms with Gasteiger partial charge in [0.15, 0.2) is 5.75 Å². The summed E-state index contributed by atoms with van der Waals surface area (Å²) in [4.78, 5) is 0. The van der Waals surface area contributed by atoms with E-state index in [1.807, 2.05) is 11.6 Å². The molecule has 1 aromatic heterocycles. The largest absolute Gasteiger partial charge is 0.484 e. The number of aryl methyl sites for hydroxylation is 2. The number of hydrogen-bond donors (Lipinski definition) is 1. The van der Waals surface area contributed by atoms with E-state index in [1.165, 1.54) is 0 Å². The zero-order valence-electron chi connectivity index (χ0n) is 11.3. The second-order valence-corrected chi connectivity index (χ2v) is 5.12. The predicted octanol–water partition coefficient (Wildman–Crippen LogP) is 2.04. The van der Waals surface area contributed by atoms with E-state index in [-0.39, 0.29) is 5.60 Å². The molecule has 4 heteroatoms. The quantitative estimate of drug-likeness (QED) is 0.874. The average Bonchev–Trinajstić information content (AvgIpc) is 2.57. The molecule has 17 heavy (non-hydrogen) atoms. The van der Waals surface area contributed by atoms with E-state index in [1.54, 1.807) is 0 Å². The third-order valence-electron chi connectivity index (χ3n) is 3.62. The first-order valence-electron chi connectivity index (χ1n) is 6.49. The van der Waals surface area contributed by atoms with Crippen molar-refractivity contribution in [2.45, 2.75) is 52.7 Å². The zero-order valence-corrected chi connectivity index (χ0v) is 11.3. The van der Waals surface area contributed by atoms with Gasteiger partial charge in [0.2, 0.25) is 0 Å². The third-order valence-corrected chi connectivity index (χ3v) is 3.62. The lowest BCUT2D eigenvalue weighted by atomic mass is 9.94. The minimum absolute atomic E-state index is 0.0393. The molecule has 0 radical (unpaired) electrons. The maximum Gasteiger partial charge on any atom is 0.163 e. The number of nitrogens with zero attached hydrogens (tertiary/aromatic N) is 2. The molecule has 0 unspecified atom stereocenters. The van der Waals surface area contributed by atoms with Crippen molar-refractivity contribution in [3.63, 3.8) is 0 Å². The summed E-state index contributed by atoms with van der Waals surface area (Å²) in [6, 6.07) is 0.